The summed E-state index contributed by atoms with van der Waals surface area (Å²) in [5, 5.41) is 0. The van der Waals surface area contributed by atoms with Crippen LogP contribution in [0.25, 0.3) is 0 Å². The fraction of sp³-hybridized carbons (Fsp3) is 0.588. The van der Waals surface area contributed by atoms with E-state index < -0.39 is 0 Å². The molecule has 0 spiro atoms. The van der Waals surface area contributed by atoms with E-state index in [0.29, 0.717) is 12.5 Å². The van der Waals surface area contributed by atoms with Crippen molar-refractivity contribution in [1.82, 2.24) is 0 Å². The van der Waals surface area contributed by atoms with Crippen molar-refractivity contribution in [3.05, 3.63) is 35.9 Å². The van der Waals surface area contributed by atoms with Crippen LogP contribution in [-0.4, -0.2) is 18.5 Å². The number of hydrogen-bond acceptors (Lipinski definition) is 2. The highest BCUT2D eigenvalue weighted by Gasteiger charge is 2.48. The Morgan fingerprint density at radius 2 is 1.95 bits per heavy atom. The van der Waals surface area contributed by atoms with Gasteiger partial charge in [0.15, 0.2) is 5.78 Å². The number of rotatable bonds is 5. The summed E-state index contributed by atoms with van der Waals surface area (Å²) in [6.07, 6.45) is 0.693. The molecule has 0 aliphatic heterocycles. The summed E-state index contributed by atoms with van der Waals surface area (Å²) in [5.41, 5.74) is 1.15. The lowest BCUT2D eigenvalue weighted by Gasteiger charge is -2.29. The van der Waals surface area contributed by atoms with Gasteiger partial charge in [-0.2, -0.15) is 0 Å². The quantitative estimate of drug-likeness (QED) is 0.804. The molecule has 1 aliphatic carbocycles. The van der Waals surface area contributed by atoms with E-state index in [0.717, 1.165) is 6.42 Å². The number of ketones is 1. The van der Waals surface area contributed by atoms with Crippen molar-refractivity contribution >= 4 is 5.78 Å². The average Bonchev–Trinajstić information content (AvgIpc) is 3.15. The number of carbonyl (C=O) groups excluding carboxylic acids is 1. The van der Waals surface area contributed by atoms with Crippen LogP contribution < -0.4 is 0 Å². The van der Waals surface area contributed by atoms with Gasteiger partial charge in [-0.15, -0.1) is 0 Å². The molecule has 2 heteroatoms. The Labute approximate surface area is 116 Å². The van der Waals surface area contributed by atoms with E-state index in [9.17, 15) is 4.79 Å². The van der Waals surface area contributed by atoms with Gasteiger partial charge in [0, 0.05) is 12.5 Å². The van der Waals surface area contributed by atoms with Gasteiger partial charge in [-0.3, -0.25) is 4.79 Å². The van der Waals surface area contributed by atoms with Crippen LogP contribution in [0.3, 0.4) is 0 Å². The lowest BCUT2D eigenvalue weighted by Crippen LogP contribution is -2.38. The monoisotopic (exact) mass is 260 g/mol. The third-order valence-corrected chi connectivity index (χ3v) is 3.76. The Morgan fingerprint density at radius 3 is 2.47 bits per heavy atom. The van der Waals surface area contributed by atoms with Gasteiger partial charge in [0.25, 0.3) is 0 Å². The molecule has 0 bridgehead atoms. The Bertz CT molecular complexity index is 430. The molecule has 1 aromatic rings. The van der Waals surface area contributed by atoms with E-state index in [1.807, 2.05) is 25.1 Å². The predicted octanol–water partition coefficient (Wildman–Crippen LogP) is 3.81. The average molecular weight is 260 g/mol. The van der Waals surface area contributed by atoms with Crippen molar-refractivity contribution in [3.63, 3.8) is 0 Å². The normalized spacial score (nSPS) is 24.0. The predicted molar refractivity (Wildman–Crippen MR) is 77.2 cm³/mol. The van der Waals surface area contributed by atoms with Crippen LogP contribution in [0.1, 0.15) is 45.6 Å². The molecule has 1 saturated carbocycles. The third-order valence-electron chi connectivity index (χ3n) is 3.76. The Hall–Kier alpha value is -1.15. The largest absolute Gasteiger partial charge is 0.370 e. The summed E-state index contributed by atoms with van der Waals surface area (Å²) in [5.74, 6) is 0.834. The molecule has 0 saturated heterocycles. The standard InChI is InChI=1S/C17H24O2/c1-5-19-16(17(2,3)4)15(18)14-11-13(14)12-9-7-6-8-10-12/h6-10,13-14,16H,5,11H2,1-4H3. The van der Waals surface area contributed by atoms with Crippen LogP contribution in [-0.2, 0) is 9.53 Å². The smallest absolute Gasteiger partial charge is 0.165 e. The molecule has 0 N–H and O–H groups in total. The van der Waals surface area contributed by atoms with Crippen molar-refractivity contribution in [1.29, 1.82) is 0 Å². The number of ether oxygens (including phenoxy) is 1. The molecule has 19 heavy (non-hydrogen) atoms. The zero-order valence-electron chi connectivity index (χ0n) is 12.3. The lowest BCUT2D eigenvalue weighted by molar-refractivity contribution is -0.138. The molecule has 0 heterocycles. The molecule has 0 amide bonds. The summed E-state index contributed by atoms with van der Waals surface area (Å²) in [6, 6.07) is 10.3. The molecule has 0 radical (unpaired) electrons. The van der Waals surface area contributed by atoms with Crippen LogP contribution >= 0.6 is 0 Å². The Morgan fingerprint density at radius 1 is 1.32 bits per heavy atom. The highest BCUT2D eigenvalue weighted by Crippen LogP contribution is 2.49. The van der Waals surface area contributed by atoms with Crippen LogP contribution in [0.4, 0.5) is 0 Å². The van der Waals surface area contributed by atoms with Crippen LogP contribution in [0.15, 0.2) is 30.3 Å². The number of hydrogen-bond donors (Lipinski definition) is 0. The van der Waals surface area contributed by atoms with Crippen molar-refractivity contribution in [2.24, 2.45) is 11.3 Å². The minimum Gasteiger partial charge on any atom is -0.370 e. The molecular weight excluding hydrogens is 236 g/mol. The van der Waals surface area contributed by atoms with Gasteiger partial charge in [0.2, 0.25) is 0 Å². The topological polar surface area (TPSA) is 26.3 Å². The second-order valence-electron chi connectivity index (χ2n) is 6.46. The first-order valence-electron chi connectivity index (χ1n) is 7.15. The molecule has 1 aromatic carbocycles. The zero-order valence-corrected chi connectivity index (χ0v) is 12.3. The third kappa shape index (κ3) is 3.24. The number of carbonyl (C=O) groups is 1. The summed E-state index contributed by atoms with van der Waals surface area (Å²) >= 11 is 0. The van der Waals surface area contributed by atoms with E-state index in [2.05, 4.69) is 32.9 Å². The molecule has 104 valence electrons. The maximum Gasteiger partial charge on any atom is 0.165 e. The van der Waals surface area contributed by atoms with Crippen LogP contribution in [0.5, 0.6) is 0 Å². The number of benzene rings is 1. The molecule has 1 aliphatic rings. The highest BCUT2D eigenvalue weighted by atomic mass is 16.5. The molecule has 2 nitrogen and oxygen atoms in total. The first-order chi connectivity index (χ1) is 8.95. The van der Waals surface area contributed by atoms with Crippen molar-refractivity contribution in [2.45, 2.75) is 46.1 Å². The second kappa shape index (κ2) is 5.46. The van der Waals surface area contributed by atoms with Gasteiger partial charge in [-0.25, -0.2) is 0 Å². The Kier molecular flexibility index (Phi) is 4.10. The van der Waals surface area contributed by atoms with E-state index >= 15 is 0 Å². The molecular formula is C17H24O2. The number of Topliss-reactive ketones (excluding diaryl/α,β-unsaturated/α-hetero) is 1. The van der Waals surface area contributed by atoms with Gasteiger partial charge in [0.05, 0.1) is 0 Å². The van der Waals surface area contributed by atoms with Crippen molar-refractivity contribution < 1.29 is 9.53 Å². The summed E-state index contributed by atoms with van der Waals surface area (Å²) in [7, 11) is 0. The zero-order chi connectivity index (χ0) is 14.0. The van der Waals surface area contributed by atoms with E-state index in [4.69, 9.17) is 4.74 Å². The summed E-state index contributed by atoms with van der Waals surface area (Å²) in [6.45, 7) is 8.77. The fourth-order valence-electron chi connectivity index (χ4n) is 2.70. The van der Waals surface area contributed by atoms with Gasteiger partial charge < -0.3 is 4.74 Å². The van der Waals surface area contributed by atoms with Crippen molar-refractivity contribution in [3.8, 4) is 0 Å². The first-order valence-corrected chi connectivity index (χ1v) is 7.15. The molecule has 3 unspecified atom stereocenters. The van der Waals surface area contributed by atoms with Crippen LogP contribution in [0.2, 0.25) is 0 Å². The molecule has 0 aromatic heterocycles. The summed E-state index contributed by atoms with van der Waals surface area (Å²) in [4.78, 5) is 12.6. The van der Waals surface area contributed by atoms with E-state index in [1.165, 1.54) is 5.56 Å². The lowest BCUT2D eigenvalue weighted by atomic mass is 9.84. The summed E-state index contributed by atoms with van der Waals surface area (Å²) < 4.78 is 5.70. The second-order valence-corrected chi connectivity index (χ2v) is 6.46. The minimum atomic E-state index is -0.281. The first kappa shape index (κ1) is 14.3. The highest BCUT2D eigenvalue weighted by molar-refractivity contribution is 5.89. The Balaban J connectivity index is 2.05. The maximum absolute atomic E-state index is 12.6. The van der Waals surface area contributed by atoms with Crippen LogP contribution in [0, 0.1) is 11.3 Å². The SMILES string of the molecule is CCOC(C(=O)C1CC1c1ccccc1)C(C)(C)C. The molecule has 2 rings (SSSR count). The van der Waals surface area contributed by atoms with Gasteiger partial charge in [-0.05, 0) is 30.2 Å². The van der Waals surface area contributed by atoms with Gasteiger partial charge >= 0.3 is 0 Å². The minimum absolute atomic E-state index is 0.128. The molecule has 3 atom stereocenters. The maximum atomic E-state index is 12.6. The molecule has 1 fully saturated rings. The van der Waals surface area contributed by atoms with Gasteiger partial charge in [0.1, 0.15) is 6.10 Å². The van der Waals surface area contributed by atoms with Gasteiger partial charge in [-0.1, -0.05) is 51.1 Å². The van der Waals surface area contributed by atoms with Crippen molar-refractivity contribution in [2.75, 3.05) is 6.61 Å². The van der Waals surface area contributed by atoms with E-state index in [1.54, 1.807) is 0 Å². The fourth-order valence-corrected chi connectivity index (χ4v) is 2.70. The van der Waals surface area contributed by atoms with E-state index in [-0.39, 0.29) is 23.2 Å².